The average Bonchev–Trinajstić information content (AvgIpc) is 2.41. The van der Waals surface area contributed by atoms with Crippen molar-refractivity contribution in [3.63, 3.8) is 0 Å². The summed E-state index contributed by atoms with van der Waals surface area (Å²) in [7, 11) is -3.70. The zero-order valence-corrected chi connectivity index (χ0v) is 13.0. The number of nitrogens with zero attached hydrogens (tertiary/aromatic N) is 1. The van der Waals surface area contributed by atoms with Gasteiger partial charge in [-0.05, 0) is 55.7 Å². The second-order valence-corrected chi connectivity index (χ2v) is 6.64. The molecule has 0 fully saturated rings. The number of rotatable bonds is 3. The van der Waals surface area contributed by atoms with Gasteiger partial charge in [0.25, 0.3) is 10.0 Å². The van der Waals surface area contributed by atoms with Gasteiger partial charge in [0.15, 0.2) is 0 Å². The smallest absolute Gasteiger partial charge is 0.261 e. The number of aryl methyl sites for hydroxylation is 3. The van der Waals surface area contributed by atoms with E-state index in [4.69, 9.17) is 5.26 Å². The van der Waals surface area contributed by atoms with Gasteiger partial charge in [0, 0.05) is 0 Å². The van der Waals surface area contributed by atoms with Crippen LogP contribution in [0.5, 0.6) is 0 Å². The van der Waals surface area contributed by atoms with Crippen molar-refractivity contribution < 1.29 is 8.42 Å². The lowest BCUT2D eigenvalue weighted by atomic mass is 10.1. The van der Waals surface area contributed by atoms with Crippen molar-refractivity contribution in [2.45, 2.75) is 25.7 Å². The Morgan fingerprint density at radius 1 is 1.00 bits per heavy atom. The van der Waals surface area contributed by atoms with Crippen molar-refractivity contribution >= 4 is 15.7 Å². The highest BCUT2D eigenvalue weighted by Gasteiger charge is 2.17. The number of benzene rings is 2. The summed E-state index contributed by atoms with van der Waals surface area (Å²) >= 11 is 0. The molecule has 0 aromatic heterocycles. The third-order valence-corrected chi connectivity index (χ3v) is 4.78. The van der Waals surface area contributed by atoms with Crippen LogP contribution in [-0.2, 0) is 10.0 Å². The molecule has 108 valence electrons. The van der Waals surface area contributed by atoms with Crippen LogP contribution in [0, 0.1) is 32.1 Å². The van der Waals surface area contributed by atoms with Crippen molar-refractivity contribution in [1.82, 2.24) is 0 Å². The van der Waals surface area contributed by atoms with Crippen molar-refractivity contribution in [3.8, 4) is 6.07 Å². The molecule has 0 unspecified atom stereocenters. The summed E-state index contributed by atoms with van der Waals surface area (Å²) in [5, 5.41) is 9.16. The van der Waals surface area contributed by atoms with Crippen molar-refractivity contribution in [3.05, 3.63) is 58.7 Å². The molecule has 2 aromatic rings. The van der Waals surface area contributed by atoms with E-state index in [0.29, 0.717) is 11.3 Å². The van der Waals surface area contributed by atoms with Gasteiger partial charge >= 0.3 is 0 Å². The summed E-state index contributed by atoms with van der Waals surface area (Å²) in [6.07, 6.45) is 0. The molecule has 0 heterocycles. The van der Waals surface area contributed by atoms with E-state index in [9.17, 15) is 8.42 Å². The summed E-state index contributed by atoms with van der Waals surface area (Å²) in [5.74, 6) is 0. The second-order valence-electron chi connectivity index (χ2n) is 4.96. The first-order valence-corrected chi connectivity index (χ1v) is 7.93. The number of anilines is 1. The van der Waals surface area contributed by atoms with E-state index in [1.807, 2.05) is 19.9 Å². The van der Waals surface area contributed by atoms with Crippen LogP contribution in [0.15, 0.2) is 41.3 Å². The molecule has 1 N–H and O–H groups in total. The largest absolute Gasteiger partial charge is 0.278 e. The Balaban J connectivity index is 2.45. The third-order valence-electron chi connectivity index (χ3n) is 3.42. The molecule has 0 atom stereocenters. The van der Waals surface area contributed by atoms with Gasteiger partial charge in [-0.25, -0.2) is 8.42 Å². The van der Waals surface area contributed by atoms with Crippen LogP contribution in [0.25, 0.3) is 0 Å². The molecule has 0 amide bonds. The number of sulfonamides is 1. The summed E-state index contributed by atoms with van der Waals surface area (Å²) in [5.41, 5.74) is 3.31. The van der Waals surface area contributed by atoms with Crippen LogP contribution in [0.2, 0.25) is 0 Å². The molecule has 0 aliphatic rings. The number of hydrogen-bond donors (Lipinski definition) is 1. The van der Waals surface area contributed by atoms with Crippen LogP contribution in [-0.4, -0.2) is 8.42 Å². The number of hydrogen-bond acceptors (Lipinski definition) is 3. The number of nitrogens with one attached hydrogen (secondary N) is 1. The monoisotopic (exact) mass is 300 g/mol. The van der Waals surface area contributed by atoms with Gasteiger partial charge in [0.05, 0.1) is 16.1 Å². The van der Waals surface area contributed by atoms with Crippen LogP contribution < -0.4 is 4.72 Å². The molecule has 0 radical (unpaired) electrons. The molecule has 21 heavy (non-hydrogen) atoms. The summed E-state index contributed by atoms with van der Waals surface area (Å²) < 4.78 is 27.3. The Hall–Kier alpha value is -2.32. The second kappa shape index (κ2) is 5.58. The van der Waals surface area contributed by atoms with Crippen LogP contribution in [0.3, 0.4) is 0 Å². The molecule has 0 spiro atoms. The van der Waals surface area contributed by atoms with Gasteiger partial charge in [-0.2, -0.15) is 5.26 Å². The Labute approximate surface area is 125 Å². The first kappa shape index (κ1) is 15.1. The highest BCUT2D eigenvalue weighted by molar-refractivity contribution is 7.92. The fourth-order valence-electron chi connectivity index (χ4n) is 1.99. The maximum atomic E-state index is 12.4. The molecule has 2 aromatic carbocycles. The van der Waals surface area contributed by atoms with E-state index in [1.54, 1.807) is 43.3 Å². The first-order chi connectivity index (χ1) is 9.85. The molecule has 0 saturated carbocycles. The predicted octanol–water partition coefficient (Wildman–Crippen LogP) is 3.28. The normalized spacial score (nSPS) is 11.0. The molecule has 2 rings (SSSR count). The van der Waals surface area contributed by atoms with E-state index < -0.39 is 10.0 Å². The van der Waals surface area contributed by atoms with Gasteiger partial charge in [-0.3, -0.25) is 4.72 Å². The third kappa shape index (κ3) is 3.06. The Bertz CT molecular complexity index is 834. The fourth-order valence-corrected chi connectivity index (χ4v) is 3.14. The molecular formula is C16H16N2O2S. The van der Waals surface area contributed by atoms with Gasteiger partial charge in [0.1, 0.15) is 6.07 Å². The molecule has 0 aliphatic carbocycles. The minimum atomic E-state index is -3.70. The minimum absolute atomic E-state index is 0.191. The lowest BCUT2D eigenvalue weighted by Gasteiger charge is -2.12. The quantitative estimate of drug-likeness (QED) is 0.945. The summed E-state index contributed by atoms with van der Waals surface area (Å²) in [6, 6.07) is 12.1. The van der Waals surface area contributed by atoms with Gasteiger partial charge in [-0.15, -0.1) is 0 Å². The van der Waals surface area contributed by atoms with Crippen molar-refractivity contribution in [1.29, 1.82) is 5.26 Å². The van der Waals surface area contributed by atoms with Crippen LogP contribution in [0.4, 0.5) is 5.69 Å². The zero-order valence-electron chi connectivity index (χ0n) is 12.1. The Morgan fingerprint density at radius 2 is 1.71 bits per heavy atom. The highest BCUT2D eigenvalue weighted by Crippen LogP contribution is 2.23. The maximum absolute atomic E-state index is 12.4. The predicted molar refractivity (Wildman–Crippen MR) is 82.6 cm³/mol. The molecule has 0 bridgehead atoms. The standard InChI is InChI=1S/C16H16N2O2S/c1-11-7-8-14(9-13(11)3)21(19,20)18-16-6-4-5-12(2)15(16)10-17/h4-9,18H,1-3H3. The molecule has 5 heteroatoms. The lowest BCUT2D eigenvalue weighted by molar-refractivity contribution is 0.601. The minimum Gasteiger partial charge on any atom is -0.278 e. The SMILES string of the molecule is Cc1ccc(S(=O)(=O)Nc2cccc(C)c2C#N)cc1C. The molecule has 0 aliphatic heterocycles. The van der Waals surface area contributed by atoms with Gasteiger partial charge in [0.2, 0.25) is 0 Å². The average molecular weight is 300 g/mol. The van der Waals surface area contributed by atoms with Crippen molar-refractivity contribution in [2.75, 3.05) is 4.72 Å². The topological polar surface area (TPSA) is 70.0 Å². The fraction of sp³-hybridized carbons (Fsp3) is 0.188. The maximum Gasteiger partial charge on any atom is 0.261 e. The van der Waals surface area contributed by atoms with Crippen LogP contribution in [0.1, 0.15) is 22.3 Å². The Morgan fingerprint density at radius 3 is 2.33 bits per heavy atom. The van der Waals surface area contributed by atoms with E-state index >= 15 is 0 Å². The summed E-state index contributed by atoms with van der Waals surface area (Å²) in [4.78, 5) is 0.191. The van der Waals surface area contributed by atoms with Gasteiger partial charge in [-0.1, -0.05) is 18.2 Å². The van der Waals surface area contributed by atoms with Crippen molar-refractivity contribution in [2.24, 2.45) is 0 Å². The first-order valence-electron chi connectivity index (χ1n) is 6.45. The van der Waals surface area contributed by atoms with E-state index in [1.165, 1.54) is 0 Å². The summed E-state index contributed by atoms with van der Waals surface area (Å²) in [6.45, 7) is 5.56. The van der Waals surface area contributed by atoms with Gasteiger partial charge < -0.3 is 0 Å². The Kier molecular flexibility index (Phi) is 4.01. The van der Waals surface area contributed by atoms with Crippen LogP contribution >= 0.6 is 0 Å². The van der Waals surface area contributed by atoms with E-state index in [-0.39, 0.29) is 4.90 Å². The van der Waals surface area contributed by atoms with E-state index in [2.05, 4.69) is 4.72 Å². The zero-order chi connectivity index (χ0) is 15.6. The molecule has 4 nitrogen and oxygen atoms in total. The number of nitriles is 1. The molecular weight excluding hydrogens is 284 g/mol. The highest BCUT2D eigenvalue weighted by atomic mass is 32.2. The molecule has 0 saturated heterocycles. The van der Waals surface area contributed by atoms with E-state index in [0.717, 1.165) is 16.7 Å². The lowest BCUT2D eigenvalue weighted by Crippen LogP contribution is -2.14.